The van der Waals surface area contributed by atoms with Gasteiger partial charge in [-0.15, -0.1) is 0 Å². The Kier molecular flexibility index (Phi) is 6.42. The van der Waals surface area contributed by atoms with Gasteiger partial charge in [-0.25, -0.2) is 0 Å². The average molecular weight is 463 g/mol. The molecule has 1 fully saturated rings. The molecule has 5 rings (SSSR count). The minimum atomic E-state index is -0.697. The van der Waals surface area contributed by atoms with E-state index in [2.05, 4.69) is 34.2 Å². The highest BCUT2D eigenvalue weighted by Gasteiger charge is 2.35. The molecule has 1 saturated heterocycles. The maximum atomic E-state index is 13.2. The Bertz CT molecular complexity index is 1340. The molecule has 0 radical (unpaired) electrons. The molecule has 6 heteroatoms. The van der Waals surface area contributed by atoms with Gasteiger partial charge in [0.15, 0.2) is 0 Å². The molecule has 3 aromatic carbocycles. The van der Waals surface area contributed by atoms with Crippen molar-refractivity contribution in [1.82, 2.24) is 4.90 Å². The van der Waals surface area contributed by atoms with Crippen LogP contribution in [0.15, 0.2) is 77.8 Å². The summed E-state index contributed by atoms with van der Waals surface area (Å²) in [5, 5.41) is 2.95. The Morgan fingerprint density at radius 1 is 1.03 bits per heavy atom. The van der Waals surface area contributed by atoms with Crippen LogP contribution in [0.3, 0.4) is 0 Å². The van der Waals surface area contributed by atoms with Crippen molar-refractivity contribution in [2.45, 2.75) is 25.3 Å². The third-order valence-electron chi connectivity index (χ3n) is 6.35. The number of nitrogens with zero attached hydrogens (tertiary/aromatic N) is 2. The fourth-order valence-corrected chi connectivity index (χ4v) is 4.66. The van der Waals surface area contributed by atoms with E-state index in [1.54, 1.807) is 12.1 Å². The molecule has 35 heavy (non-hydrogen) atoms. The van der Waals surface area contributed by atoms with Gasteiger partial charge >= 0.3 is 0 Å². The van der Waals surface area contributed by atoms with E-state index in [0.29, 0.717) is 17.0 Å². The first-order chi connectivity index (χ1) is 17.1. The van der Waals surface area contributed by atoms with Gasteiger partial charge in [-0.2, -0.15) is 0 Å². The number of hydrogen-bond acceptors (Lipinski definition) is 4. The van der Waals surface area contributed by atoms with E-state index in [9.17, 15) is 9.59 Å². The van der Waals surface area contributed by atoms with Crippen LogP contribution in [0.25, 0.3) is 0 Å². The molecule has 2 aliphatic rings. The average Bonchev–Trinajstić information content (AvgIpc) is 3.49. The number of anilines is 1. The van der Waals surface area contributed by atoms with Crippen molar-refractivity contribution in [1.29, 1.82) is 0 Å². The van der Waals surface area contributed by atoms with E-state index < -0.39 is 11.8 Å². The number of likely N-dealkylation sites (tertiary alicyclic amines) is 1. The first kappa shape index (κ1) is 22.6. The number of carbonyl (C=O) groups is 2. The largest absolute Gasteiger partial charge is 0.359 e. The number of fused-ring (bicyclic) bond motifs is 1. The SMILES string of the molecule is NC(=O)C#Cc1ccc2c(c1)NC(=O)C2C(=Nc1ccc(CN2CCCC2)cc1)c1ccccc1. The van der Waals surface area contributed by atoms with E-state index >= 15 is 0 Å². The van der Waals surface area contributed by atoms with Crippen LogP contribution in [0.2, 0.25) is 0 Å². The molecule has 2 aliphatic heterocycles. The Morgan fingerprint density at radius 2 is 1.77 bits per heavy atom. The van der Waals surface area contributed by atoms with Crippen LogP contribution < -0.4 is 11.1 Å². The molecule has 0 bridgehead atoms. The smallest absolute Gasteiger partial charge is 0.293 e. The quantitative estimate of drug-likeness (QED) is 0.444. The van der Waals surface area contributed by atoms with Gasteiger partial charge in [0.05, 0.1) is 11.4 Å². The van der Waals surface area contributed by atoms with Gasteiger partial charge in [0, 0.05) is 17.8 Å². The normalized spacial score (nSPS) is 17.4. The fraction of sp³-hybridized carbons (Fsp3) is 0.207. The van der Waals surface area contributed by atoms with Crippen LogP contribution >= 0.6 is 0 Å². The van der Waals surface area contributed by atoms with E-state index in [0.717, 1.165) is 36.4 Å². The van der Waals surface area contributed by atoms with Gasteiger partial charge in [-0.1, -0.05) is 54.5 Å². The van der Waals surface area contributed by atoms with Crippen molar-refractivity contribution >= 4 is 28.9 Å². The number of amides is 2. The molecule has 2 amide bonds. The number of rotatable bonds is 5. The number of hydrogen-bond donors (Lipinski definition) is 2. The summed E-state index contributed by atoms with van der Waals surface area (Å²) in [6.45, 7) is 3.27. The van der Waals surface area contributed by atoms with E-state index in [-0.39, 0.29) is 5.91 Å². The topological polar surface area (TPSA) is 87.8 Å². The standard InChI is InChI=1S/C29H26N4O2/c30-26(34)15-11-20-10-14-24-25(18-20)32-29(35)27(24)28(22-6-2-1-3-7-22)31-23-12-8-21(9-13-23)19-33-16-4-5-17-33/h1-3,6-10,12-14,18,27H,4-5,16-17,19H2,(H2,30,34)(H,32,35). The van der Waals surface area contributed by atoms with Crippen molar-refractivity contribution < 1.29 is 9.59 Å². The van der Waals surface area contributed by atoms with Crippen molar-refractivity contribution in [3.05, 3.63) is 95.1 Å². The molecule has 0 aromatic heterocycles. The number of nitrogens with one attached hydrogen (secondary N) is 1. The summed E-state index contributed by atoms with van der Waals surface area (Å²) < 4.78 is 0. The molecule has 6 nitrogen and oxygen atoms in total. The molecule has 3 aromatic rings. The number of aliphatic imine (C=N–C) groups is 1. The molecular formula is C29H26N4O2. The molecule has 1 unspecified atom stereocenters. The molecule has 1 atom stereocenters. The summed E-state index contributed by atoms with van der Waals surface area (Å²) in [5.41, 5.74) is 10.9. The van der Waals surface area contributed by atoms with Crippen molar-refractivity contribution in [2.24, 2.45) is 10.7 Å². The summed E-state index contributed by atoms with van der Waals surface area (Å²) >= 11 is 0. The zero-order valence-corrected chi connectivity index (χ0v) is 19.3. The van der Waals surface area contributed by atoms with Crippen molar-refractivity contribution in [3.8, 4) is 11.8 Å². The predicted molar refractivity (Wildman–Crippen MR) is 137 cm³/mol. The lowest BCUT2D eigenvalue weighted by Gasteiger charge is -2.15. The lowest BCUT2D eigenvalue weighted by atomic mass is 9.90. The van der Waals surface area contributed by atoms with E-state index in [1.807, 2.05) is 48.5 Å². The summed E-state index contributed by atoms with van der Waals surface area (Å²) in [7, 11) is 0. The van der Waals surface area contributed by atoms with Crippen LogP contribution in [0.5, 0.6) is 0 Å². The second-order valence-electron chi connectivity index (χ2n) is 8.85. The van der Waals surface area contributed by atoms with Gasteiger partial charge in [0.25, 0.3) is 5.91 Å². The lowest BCUT2D eigenvalue weighted by molar-refractivity contribution is -0.115. The maximum absolute atomic E-state index is 13.2. The van der Waals surface area contributed by atoms with Crippen molar-refractivity contribution in [2.75, 3.05) is 18.4 Å². The Balaban J connectivity index is 1.49. The van der Waals surface area contributed by atoms with Crippen LogP contribution in [0.1, 0.15) is 41.0 Å². The minimum absolute atomic E-state index is 0.145. The first-order valence-corrected chi connectivity index (χ1v) is 11.8. The van der Waals surface area contributed by atoms with Crippen molar-refractivity contribution in [3.63, 3.8) is 0 Å². The number of benzene rings is 3. The second kappa shape index (κ2) is 9.96. The van der Waals surface area contributed by atoms with Gasteiger partial charge in [0.1, 0.15) is 5.92 Å². The second-order valence-corrected chi connectivity index (χ2v) is 8.85. The Morgan fingerprint density at radius 3 is 2.49 bits per heavy atom. The van der Waals surface area contributed by atoms with Gasteiger partial charge in [-0.3, -0.25) is 19.5 Å². The van der Waals surface area contributed by atoms with E-state index in [4.69, 9.17) is 10.7 Å². The predicted octanol–water partition coefficient (Wildman–Crippen LogP) is 3.98. The summed E-state index contributed by atoms with van der Waals surface area (Å²) in [6, 6.07) is 23.5. The Hall–Kier alpha value is -4.21. The fourth-order valence-electron chi connectivity index (χ4n) is 4.66. The molecule has 0 spiro atoms. The monoisotopic (exact) mass is 462 g/mol. The zero-order valence-electron chi connectivity index (χ0n) is 19.3. The molecule has 0 saturated carbocycles. The molecular weight excluding hydrogens is 436 g/mol. The van der Waals surface area contributed by atoms with Crippen LogP contribution in [-0.4, -0.2) is 35.5 Å². The zero-order chi connectivity index (χ0) is 24.2. The third kappa shape index (κ3) is 5.16. The summed E-state index contributed by atoms with van der Waals surface area (Å²) in [4.78, 5) is 31.6. The molecule has 2 heterocycles. The molecule has 174 valence electrons. The minimum Gasteiger partial charge on any atom is -0.359 e. The van der Waals surface area contributed by atoms with Crippen LogP contribution in [-0.2, 0) is 16.1 Å². The highest BCUT2D eigenvalue weighted by molar-refractivity contribution is 6.24. The maximum Gasteiger partial charge on any atom is 0.293 e. The van der Waals surface area contributed by atoms with Crippen LogP contribution in [0, 0.1) is 11.8 Å². The van der Waals surface area contributed by atoms with Crippen LogP contribution in [0.4, 0.5) is 11.4 Å². The lowest BCUT2D eigenvalue weighted by Crippen LogP contribution is -2.22. The summed E-state index contributed by atoms with van der Waals surface area (Å²) in [5.74, 6) is 3.66. The summed E-state index contributed by atoms with van der Waals surface area (Å²) in [6.07, 6.45) is 2.54. The highest BCUT2D eigenvalue weighted by atomic mass is 16.2. The highest BCUT2D eigenvalue weighted by Crippen LogP contribution is 2.37. The Labute approximate surface area is 204 Å². The number of carbonyl (C=O) groups excluding carboxylic acids is 2. The molecule has 0 aliphatic carbocycles. The first-order valence-electron chi connectivity index (χ1n) is 11.8. The number of nitrogens with two attached hydrogens (primary N) is 1. The van der Waals surface area contributed by atoms with Gasteiger partial charge < -0.3 is 11.1 Å². The number of primary amides is 1. The third-order valence-corrected chi connectivity index (χ3v) is 6.35. The van der Waals surface area contributed by atoms with Gasteiger partial charge in [0.2, 0.25) is 5.91 Å². The molecule has 3 N–H and O–H groups in total. The van der Waals surface area contributed by atoms with E-state index in [1.165, 1.54) is 18.4 Å². The van der Waals surface area contributed by atoms with Gasteiger partial charge in [-0.05, 0) is 72.8 Å².